The van der Waals surface area contributed by atoms with Crippen LogP contribution in [0.3, 0.4) is 0 Å². The van der Waals surface area contributed by atoms with Crippen molar-refractivity contribution in [1.82, 2.24) is 9.97 Å². The molecule has 0 unspecified atom stereocenters. The lowest BCUT2D eigenvalue weighted by Crippen LogP contribution is -2.04. The van der Waals surface area contributed by atoms with Crippen molar-refractivity contribution in [1.29, 1.82) is 0 Å². The minimum absolute atomic E-state index is 0.151. The Kier molecular flexibility index (Phi) is 4.22. The molecule has 1 heterocycles. The van der Waals surface area contributed by atoms with E-state index in [1.807, 2.05) is 6.92 Å². The Hall–Kier alpha value is -2.24. The smallest absolute Gasteiger partial charge is 0.225 e. The summed E-state index contributed by atoms with van der Waals surface area (Å²) in [6, 6.07) is 5.20. The van der Waals surface area contributed by atoms with Gasteiger partial charge in [0, 0.05) is 18.8 Å². The average Bonchev–Trinajstić information content (AvgIpc) is 2.42. The van der Waals surface area contributed by atoms with Crippen molar-refractivity contribution >= 4 is 5.95 Å². The van der Waals surface area contributed by atoms with E-state index in [9.17, 15) is 8.78 Å². The van der Waals surface area contributed by atoms with Crippen LogP contribution in [0.4, 0.5) is 14.7 Å². The summed E-state index contributed by atoms with van der Waals surface area (Å²) in [5, 5.41) is 2.98. The monoisotopic (exact) mass is 265 g/mol. The van der Waals surface area contributed by atoms with Gasteiger partial charge in [0.25, 0.3) is 0 Å². The Labute approximate surface area is 109 Å². The third-order valence-electron chi connectivity index (χ3n) is 2.29. The second-order valence-corrected chi connectivity index (χ2v) is 3.80. The SMILES string of the molecule is CCCNc1nccc(Oc2cccc(F)c2F)n1. The molecule has 6 heteroatoms. The number of benzene rings is 1. The normalized spacial score (nSPS) is 10.3. The van der Waals surface area contributed by atoms with Crippen molar-refractivity contribution in [2.75, 3.05) is 11.9 Å². The predicted molar refractivity (Wildman–Crippen MR) is 67.2 cm³/mol. The Morgan fingerprint density at radius 3 is 2.89 bits per heavy atom. The van der Waals surface area contributed by atoms with E-state index < -0.39 is 11.6 Å². The first-order valence-electron chi connectivity index (χ1n) is 5.89. The molecule has 2 aromatic rings. The van der Waals surface area contributed by atoms with Gasteiger partial charge in [-0.25, -0.2) is 9.37 Å². The van der Waals surface area contributed by atoms with Gasteiger partial charge >= 0.3 is 0 Å². The number of rotatable bonds is 5. The molecule has 19 heavy (non-hydrogen) atoms. The summed E-state index contributed by atoms with van der Waals surface area (Å²) in [7, 11) is 0. The van der Waals surface area contributed by atoms with Gasteiger partial charge in [-0.2, -0.15) is 9.37 Å². The third kappa shape index (κ3) is 3.37. The van der Waals surface area contributed by atoms with E-state index in [0.29, 0.717) is 5.95 Å². The molecular weight excluding hydrogens is 252 g/mol. The van der Waals surface area contributed by atoms with E-state index in [1.54, 1.807) is 0 Å². The van der Waals surface area contributed by atoms with Crippen LogP contribution in [-0.4, -0.2) is 16.5 Å². The van der Waals surface area contributed by atoms with Gasteiger partial charge in [0.05, 0.1) is 0 Å². The number of halogens is 2. The van der Waals surface area contributed by atoms with E-state index in [1.165, 1.54) is 24.4 Å². The zero-order chi connectivity index (χ0) is 13.7. The Balaban J connectivity index is 2.16. The molecule has 0 atom stereocenters. The largest absolute Gasteiger partial charge is 0.436 e. The molecule has 4 nitrogen and oxygen atoms in total. The number of hydrogen-bond acceptors (Lipinski definition) is 4. The molecule has 0 fully saturated rings. The molecule has 0 aliphatic carbocycles. The molecule has 0 radical (unpaired) electrons. The first-order chi connectivity index (χ1) is 9.20. The molecule has 100 valence electrons. The van der Waals surface area contributed by atoms with Crippen LogP contribution in [0, 0.1) is 11.6 Å². The van der Waals surface area contributed by atoms with Gasteiger partial charge in [0.15, 0.2) is 11.6 Å². The highest BCUT2D eigenvalue weighted by atomic mass is 19.2. The fourth-order valence-electron chi connectivity index (χ4n) is 1.40. The van der Waals surface area contributed by atoms with Gasteiger partial charge in [-0.05, 0) is 18.6 Å². The molecule has 1 aromatic heterocycles. The van der Waals surface area contributed by atoms with Gasteiger partial charge in [-0.1, -0.05) is 13.0 Å². The number of nitrogens with one attached hydrogen (secondary N) is 1. The van der Waals surface area contributed by atoms with Crippen molar-refractivity contribution < 1.29 is 13.5 Å². The summed E-state index contributed by atoms with van der Waals surface area (Å²) in [6.07, 6.45) is 2.41. The van der Waals surface area contributed by atoms with E-state index in [4.69, 9.17) is 4.74 Å². The van der Waals surface area contributed by atoms with E-state index >= 15 is 0 Å². The Morgan fingerprint density at radius 2 is 2.11 bits per heavy atom. The lowest BCUT2D eigenvalue weighted by atomic mass is 10.3. The Morgan fingerprint density at radius 1 is 1.26 bits per heavy atom. The van der Waals surface area contributed by atoms with Crippen LogP contribution in [0.1, 0.15) is 13.3 Å². The van der Waals surface area contributed by atoms with Crippen molar-refractivity contribution in [3.8, 4) is 11.6 Å². The molecule has 0 amide bonds. The molecule has 1 aromatic carbocycles. The molecule has 0 aliphatic rings. The lowest BCUT2D eigenvalue weighted by Gasteiger charge is -2.07. The van der Waals surface area contributed by atoms with Crippen LogP contribution in [0.25, 0.3) is 0 Å². The van der Waals surface area contributed by atoms with Crippen molar-refractivity contribution in [2.45, 2.75) is 13.3 Å². The van der Waals surface area contributed by atoms with Crippen LogP contribution in [0.5, 0.6) is 11.6 Å². The molecule has 0 aliphatic heterocycles. The van der Waals surface area contributed by atoms with Crippen molar-refractivity contribution in [3.63, 3.8) is 0 Å². The summed E-state index contributed by atoms with van der Waals surface area (Å²) in [6.45, 7) is 2.73. The number of anilines is 1. The van der Waals surface area contributed by atoms with E-state index in [0.717, 1.165) is 19.0 Å². The molecule has 0 bridgehead atoms. The van der Waals surface area contributed by atoms with Gasteiger partial charge in [-0.15, -0.1) is 0 Å². The number of nitrogens with zero attached hydrogens (tertiary/aromatic N) is 2. The lowest BCUT2D eigenvalue weighted by molar-refractivity contribution is 0.405. The van der Waals surface area contributed by atoms with Crippen LogP contribution < -0.4 is 10.1 Å². The highest BCUT2D eigenvalue weighted by molar-refractivity contribution is 5.32. The van der Waals surface area contributed by atoms with Crippen molar-refractivity contribution in [2.24, 2.45) is 0 Å². The average molecular weight is 265 g/mol. The standard InChI is InChI=1S/C13H13F2N3O/c1-2-7-16-13-17-8-6-11(18-13)19-10-5-3-4-9(14)12(10)15/h3-6,8H,2,7H2,1H3,(H,16,17,18). The van der Waals surface area contributed by atoms with Crippen LogP contribution in [-0.2, 0) is 0 Å². The minimum atomic E-state index is -1.04. The van der Waals surface area contributed by atoms with Crippen LogP contribution in [0.15, 0.2) is 30.5 Å². The second kappa shape index (κ2) is 6.08. The summed E-state index contributed by atoms with van der Waals surface area (Å²) in [5.41, 5.74) is 0. The highest BCUT2D eigenvalue weighted by Crippen LogP contribution is 2.24. The second-order valence-electron chi connectivity index (χ2n) is 3.80. The van der Waals surface area contributed by atoms with Crippen LogP contribution >= 0.6 is 0 Å². The van der Waals surface area contributed by atoms with Gasteiger partial charge < -0.3 is 10.1 Å². The van der Waals surface area contributed by atoms with Crippen LogP contribution in [0.2, 0.25) is 0 Å². The zero-order valence-electron chi connectivity index (χ0n) is 10.4. The maximum absolute atomic E-state index is 13.4. The van der Waals surface area contributed by atoms with Gasteiger partial charge in [0.1, 0.15) is 0 Å². The molecule has 1 N–H and O–H groups in total. The molecule has 0 spiro atoms. The maximum atomic E-state index is 13.4. The third-order valence-corrected chi connectivity index (χ3v) is 2.29. The molecule has 0 saturated carbocycles. The van der Waals surface area contributed by atoms with E-state index in [-0.39, 0.29) is 11.6 Å². The maximum Gasteiger partial charge on any atom is 0.225 e. The Bertz CT molecular complexity index is 563. The highest BCUT2D eigenvalue weighted by Gasteiger charge is 2.10. The quantitative estimate of drug-likeness (QED) is 0.900. The topological polar surface area (TPSA) is 47.0 Å². The fraction of sp³-hybridized carbons (Fsp3) is 0.231. The first kappa shape index (κ1) is 13.2. The summed E-state index contributed by atoms with van der Waals surface area (Å²) < 4.78 is 31.7. The summed E-state index contributed by atoms with van der Waals surface area (Å²) in [4.78, 5) is 8.03. The number of ether oxygens (including phenoxy) is 1. The molecular formula is C13H13F2N3O. The predicted octanol–water partition coefficient (Wildman–Crippen LogP) is 3.37. The molecule has 2 rings (SSSR count). The summed E-state index contributed by atoms with van der Waals surface area (Å²) >= 11 is 0. The van der Waals surface area contributed by atoms with Crippen molar-refractivity contribution in [3.05, 3.63) is 42.1 Å². The minimum Gasteiger partial charge on any atom is -0.436 e. The number of aromatic nitrogens is 2. The molecule has 0 saturated heterocycles. The van der Waals surface area contributed by atoms with Gasteiger partial charge in [-0.3, -0.25) is 0 Å². The van der Waals surface area contributed by atoms with E-state index in [2.05, 4.69) is 15.3 Å². The summed E-state index contributed by atoms with van der Waals surface area (Å²) in [5.74, 6) is -1.67. The number of hydrogen-bond donors (Lipinski definition) is 1. The fourth-order valence-corrected chi connectivity index (χ4v) is 1.40. The van der Waals surface area contributed by atoms with Gasteiger partial charge in [0.2, 0.25) is 17.6 Å². The first-order valence-corrected chi connectivity index (χ1v) is 5.89. The zero-order valence-corrected chi connectivity index (χ0v) is 10.4.